The maximum absolute atomic E-state index is 12.7. The molecule has 0 aliphatic rings. The Morgan fingerprint density at radius 3 is 2.61 bits per heavy atom. The summed E-state index contributed by atoms with van der Waals surface area (Å²) in [5.41, 5.74) is 1.02. The first-order valence-electron chi connectivity index (χ1n) is 7.39. The van der Waals surface area contributed by atoms with Crippen LogP contribution in [-0.2, 0) is 25.1 Å². The maximum atomic E-state index is 12.7. The van der Waals surface area contributed by atoms with E-state index in [4.69, 9.17) is 4.74 Å². The molecule has 0 atom stereocenters. The number of fused-ring (bicyclic) bond motifs is 1. The van der Waals surface area contributed by atoms with Crippen molar-refractivity contribution in [1.29, 1.82) is 0 Å². The predicted octanol–water partition coefficient (Wildman–Crippen LogP) is 0.939. The highest BCUT2D eigenvalue weighted by atomic mass is 16.5. The van der Waals surface area contributed by atoms with Gasteiger partial charge in [0.1, 0.15) is 6.73 Å². The van der Waals surface area contributed by atoms with Crippen molar-refractivity contribution in [2.24, 2.45) is 7.05 Å². The molecule has 1 aromatic carbocycles. The number of benzene rings is 1. The fourth-order valence-corrected chi connectivity index (χ4v) is 2.52. The van der Waals surface area contributed by atoms with Crippen molar-refractivity contribution >= 4 is 11.2 Å². The second-order valence-electron chi connectivity index (χ2n) is 5.23. The first-order chi connectivity index (χ1) is 11.1. The van der Waals surface area contributed by atoms with Crippen molar-refractivity contribution in [3.63, 3.8) is 0 Å². The smallest absolute Gasteiger partial charge is 0.334 e. The molecule has 0 aliphatic heterocycles. The Morgan fingerprint density at radius 2 is 1.91 bits per heavy atom. The van der Waals surface area contributed by atoms with Crippen LogP contribution < -0.4 is 11.2 Å². The minimum Gasteiger partial charge on any atom is -0.361 e. The van der Waals surface area contributed by atoms with Crippen molar-refractivity contribution in [3.05, 3.63) is 63.1 Å². The summed E-state index contributed by atoms with van der Waals surface area (Å²) in [5, 5.41) is 0. The van der Waals surface area contributed by atoms with E-state index >= 15 is 0 Å². The highest BCUT2D eigenvalue weighted by Gasteiger charge is 2.16. The van der Waals surface area contributed by atoms with Gasteiger partial charge in [0.2, 0.25) is 0 Å². The molecule has 120 valence electrons. The number of ether oxygens (including phenoxy) is 1. The molecule has 2 heterocycles. The van der Waals surface area contributed by atoms with Crippen LogP contribution in [0.4, 0.5) is 0 Å². The molecule has 0 amide bonds. The Labute approximate surface area is 132 Å². The maximum Gasteiger partial charge on any atom is 0.334 e. The highest BCUT2D eigenvalue weighted by Crippen LogP contribution is 2.09. The van der Waals surface area contributed by atoms with Gasteiger partial charge in [0, 0.05) is 20.2 Å². The number of imidazole rings is 1. The second-order valence-corrected chi connectivity index (χ2v) is 5.23. The zero-order valence-electron chi connectivity index (χ0n) is 13.1. The third-order valence-electron chi connectivity index (χ3n) is 3.72. The molecule has 0 saturated heterocycles. The number of hydrogen-bond donors (Lipinski definition) is 0. The summed E-state index contributed by atoms with van der Waals surface area (Å²) < 4.78 is 9.46. The van der Waals surface area contributed by atoms with E-state index in [0.717, 1.165) is 10.1 Å². The lowest BCUT2D eigenvalue weighted by atomic mass is 10.2. The Bertz CT molecular complexity index is 938. The quantitative estimate of drug-likeness (QED) is 0.703. The summed E-state index contributed by atoms with van der Waals surface area (Å²) in [5.74, 6) is 0. The summed E-state index contributed by atoms with van der Waals surface area (Å²) in [6, 6.07) is 9.78. The van der Waals surface area contributed by atoms with Crippen LogP contribution >= 0.6 is 0 Å². The monoisotopic (exact) mass is 314 g/mol. The number of aromatic nitrogens is 4. The van der Waals surface area contributed by atoms with E-state index in [2.05, 4.69) is 4.98 Å². The van der Waals surface area contributed by atoms with Crippen LogP contribution in [0.15, 0.2) is 46.2 Å². The highest BCUT2D eigenvalue weighted by molar-refractivity contribution is 5.70. The van der Waals surface area contributed by atoms with Crippen molar-refractivity contribution < 1.29 is 4.74 Å². The summed E-state index contributed by atoms with van der Waals surface area (Å²) >= 11 is 0. The van der Waals surface area contributed by atoms with Crippen molar-refractivity contribution in [2.45, 2.75) is 20.2 Å². The van der Waals surface area contributed by atoms with E-state index < -0.39 is 5.69 Å². The van der Waals surface area contributed by atoms with Crippen molar-refractivity contribution in [1.82, 2.24) is 18.7 Å². The largest absolute Gasteiger partial charge is 0.361 e. The second kappa shape index (κ2) is 6.21. The van der Waals surface area contributed by atoms with Crippen LogP contribution in [0, 0.1) is 0 Å². The molecular formula is C16H18N4O3. The van der Waals surface area contributed by atoms with Gasteiger partial charge in [-0.05, 0) is 12.5 Å². The van der Waals surface area contributed by atoms with E-state index in [9.17, 15) is 9.59 Å². The number of hydrogen-bond acceptors (Lipinski definition) is 4. The molecule has 3 aromatic rings. The molecule has 7 nitrogen and oxygen atoms in total. The van der Waals surface area contributed by atoms with Gasteiger partial charge in [0.25, 0.3) is 5.56 Å². The third-order valence-corrected chi connectivity index (χ3v) is 3.72. The van der Waals surface area contributed by atoms with E-state index in [1.807, 2.05) is 37.3 Å². The van der Waals surface area contributed by atoms with Gasteiger partial charge in [-0.15, -0.1) is 0 Å². The number of rotatable bonds is 5. The lowest BCUT2D eigenvalue weighted by Gasteiger charge is -2.09. The van der Waals surface area contributed by atoms with E-state index in [-0.39, 0.29) is 12.3 Å². The zero-order valence-corrected chi connectivity index (χ0v) is 13.1. The average Bonchev–Trinajstić information content (AvgIpc) is 2.98. The molecule has 3 rings (SSSR count). The van der Waals surface area contributed by atoms with Crippen LogP contribution in [0.3, 0.4) is 0 Å². The van der Waals surface area contributed by atoms with Crippen molar-refractivity contribution in [3.8, 4) is 0 Å². The van der Waals surface area contributed by atoms with Crippen LogP contribution in [0.5, 0.6) is 0 Å². The predicted molar refractivity (Wildman–Crippen MR) is 86.4 cm³/mol. The van der Waals surface area contributed by atoms with Gasteiger partial charge in [-0.2, -0.15) is 0 Å². The summed E-state index contributed by atoms with van der Waals surface area (Å²) in [4.78, 5) is 29.2. The number of aryl methyl sites for hydroxylation is 1. The Morgan fingerprint density at radius 1 is 1.17 bits per heavy atom. The molecule has 2 aromatic heterocycles. The molecule has 0 unspecified atom stereocenters. The molecule has 7 heteroatoms. The van der Waals surface area contributed by atoms with Gasteiger partial charge in [-0.1, -0.05) is 30.3 Å². The molecular weight excluding hydrogens is 296 g/mol. The standard InChI is InChI=1S/C16H18N4O3/c1-3-23-11-20-15(21)13-14(18(2)16(20)22)17-10-19(13)9-12-7-5-4-6-8-12/h4-8,10H,3,9,11H2,1-2H3. The first kappa shape index (κ1) is 15.2. The minimum absolute atomic E-state index is 0.0610. The van der Waals surface area contributed by atoms with Crippen molar-refractivity contribution in [2.75, 3.05) is 6.61 Å². The average molecular weight is 314 g/mol. The van der Waals surface area contributed by atoms with Gasteiger partial charge in [-0.25, -0.2) is 14.3 Å². The number of nitrogens with zero attached hydrogens (tertiary/aromatic N) is 4. The van der Waals surface area contributed by atoms with Crippen LogP contribution in [0.2, 0.25) is 0 Å². The minimum atomic E-state index is -0.430. The summed E-state index contributed by atoms with van der Waals surface area (Å²) in [6.07, 6.45) is 1.59. The molecule has 23 heavy (non-hydrogen) atoms. The Hall–Kier alpha value is -2.67. The third kappa shape index (κ3) is 2.70. The topological polar surface area (TPSA) is 71.1 Å². The van der Waals surface area contributed by atoms with Gasteiger partial charge >= 0.3 is 5.69 Å². The lowest BCUT2D eigenvalue weighted by Crippen LogP contribution is -2.40. The molecule has 0 saturated carbocycles. The summed E-state index contributed by atoms with van der Waals surface area (Å²) in [6.45, 7) is 2.69. The molecule has 0 N–H and O–H groups in total. The summed E-state index contributed by atoms with van der Waals surface area (Å²) in [7, 11) is 1.60. The lowest BCUT2D eigenvalue weighted by molar-refractivity contribution is 0.0817. The molecule has 0 bridgehead atoms. The van der Waals surface area contributed by atoms with Gasteiger partial charge < -0.3 is 9.30 Å². The fourth-order valence-electron chi connectivity index (χ4n) is 2.52. The van der Waals surface area contributed by atoms with Crippen LogP contribution in [-0.4, -0.2) is 25.3 Å². The molecule has 0 fully saturated rings. The Kier molecular flexibility index (Phi) is 4.12. The van der Waals surface area contributed by atoms with E-state index in [1.54, 1.807) is 17.9 Å². The van der Waals surface area contributed by atoms with E-state index in [0.29, 0.717) is 24.3 Å². The normalized spacial score (nSPS) is 11.2. The fraction of sp³-hybridized carbons (Fsp3) is 0.312. The van der Waals surface area contributed by atoms with E-state index in [1.165, 1.54) is 4.57 Å². The van der Waals surface area contributed by atoms with Gasteiger partial charge in [-0.3, -0.25) is 9.36 Å². The van der Waals surface area contributed by atoms with Gasteiger partial charge in [0.05, 0.1) is 6.33 Å². The molecule has 0 radical (unpaired) electrons. The SMILES string of the molecule is CCOCn1c(=O)c2c(ncn2Cc2ccccc2)n(C)c1=O. The zero-order chi connectivity index (χ0) is 16.4. The van der Waals surface area contributed by atoms with Gasteiger partial charge in [0.15, 0.2) is 11.2 Å². The Balaban J connectivity index is 2.16. The van der Waals surface area contributed by atoms with Crippen LogP contribution in [0.25, 0.3) is 11.2 Å². The first-order valence-corrected chi connectivity index (χ1v) is 7.39. The molecule has 0 spiro atoms. The van der Waals surface area contributed by atoms with Crippen LogP contribution in [0.1, 0.15) is 12.5 Å². The molecule has 0 aliphatic carbocycles.